The van der Waals surface area contributed by atoms with Gasteiger partial charge in [-0.3, -0.25) is 4.90 Å². The lowest BCUT2D eigenvalue weighted by Crippen LogP contribution is -2.37. The maximum Gasteiger partial charge on any atom is 0.0687 e. The highest BCUT2D eigenvalue weighted by molar-refractivity contribution is 5.21. The monoisotopic (exact) mass is 228 g/mol. The van der Waals surface area contributed by atoms with Gasteiger partial charge in [-0.15, -0.1) is 0 Å². The van der Waals surface area contributed by atoms with Crippen molar-refractivity contribution in [3.63, 3.8) is 0 Å². The number of benzene rings is 1. The molecule has 0 aromatic heterocycles. The quantitative estimate of drug-likeness (QED) is 0.777. The lowest BCUT2D eigenvalue weighted by Gasteiger charge is -2.34. The minimum absolute atomic E-state index is 0.0935. The molecule has 0 saturated carbocycles. The molecule has 1 aromatic carbocycles. The molecule has 0 aliphatic carbocycles. The van der Waals surface area contributed by atoms with Crippen LogP contribution in [0.25, 0.3) is 0 Å². The highest BCUT2D eigenvalue weighted by Crippen LogP contribution is 2.30. The van der Waals surface area contributed by atoms with Crippen molar-refractivity contribution in [1.82, 2.24) is 4.90 Å². The summed E-state index contributed by atoms with van der Waals surface area (Å²) in [6.07, 6.45) is 1.99. The molecule has 2 rings (SSSR count). The van der Waals surface area contributed by atoms with Crippen molar-refractivity contribution in [2.24, 2.45) is 5.41 Å². The summed E-state index contributed by atoms with van der Waals surface area (Å²) in [6, 6.07) is 11.2. The molecule has 0 unspecified atom stereocenters. The molecule has 90 valence electrons. The van der Waals surface area contributed by atoms with E-state index >= 15 is 0 Å². The predicted octanol–water partition coefficient (Wildman–Crippen LogP) is 3.12. The van der Waals surface area contributed by atoms with E-state index in [9.17, 15) is 0 Å². The van der Waals surface area contributed by atoms with Crippen LogP contribution in [0.1, 0.15) is 30.9 Å². The second-order valence-corrected chi connectivity index (χ2v) is 5.43. The van der Waals surface area contributed by atoms with E-state index in [2.05, 4.69) is 49.1 Å². The van der Waals surface area contributed by atoms with E-state index in [0.29, 0.717) is 0 Å². The van der Waals surface area contributed by atoms with Crippen LogP contribution in [0, 0.1) is 23.7 Å². The van der Waals surface area contributed by atoms with Gasteiger partial charge in [0.25, 0.3) is 0 Å². The number of aryl methyl sites for hydroxylation is 1. The normalized spacial score (nSPS) is 19.8. The molecule has 0 amide bonds. The Morgan fingerprint density at radius 1 is 1.24 bits per heavy atom. The molecule has 1 aromatic rings. The molecular weight excluding hydrogens is 208 g/mol. The molecular formula is C15H20N2. The highest BCUT2D eigenvalue weighted by Gasteiger charge is 2.29. The standard InChI is InChI=1S/C15H20N2/c1-13-3-5-14(6-4-13)11-17-9-7-15(2,12-16)8-10-17/h3-6H,7-11H2,1-2H3. The van der Waals surface area contributed by atoms with Crippen LogP contribution in [0.5, 0.6) is 0 Å². The van der Waals surface area contributed by atoms with Crippen molar-refractivity contribution in [1.29, 1.82) is 5.26 Å². The van der Waals surface area contributed by atoms with Crippen LogP contribution in [-0.2, 0) is 6.54 Å². The van der Waals surface area contributed by atoms with Gasteiger partial charge in [0.15, 0.2) is 0 Å². The Morgan fingerprint density at radius 2 is 1.82 bits per heavy atom. The lowest BCUT2D eigenvalue weighted by atomic mass is 9.82. The van der Waals surface area contributed by atoms with E-state index < -0.39 is 0 Å². The fourth-order valence-corrected chi connectivity index (χ4v) is 2.27. The molecule has 1 saturated heterocycles. The van der Waals surface area contributed by atoms with E-state index in [0.717, 1.165) is 32.5 Å². The molecule has 0 N–H and O–H groups in total. The molecule has 17 heavy (non-hydrogen) atoms. The Balaban J connectivity index is 1.90. The maximum atomic E-state index is 9.09. The summed E-state index contributed by atoms with van der Waals surface area (Å²) in [5.74, 6) is 0. The summed E-state index contributed by atoms with van der Waals surface area (Å²) in [5.41, 5.74) is 2.59. The Bertz CT molecular complexity index is 406. The minimum Gasteiger partial charge on any atom is -0.299 e. The topological polar surface area (TPSA) is 27.0 Å². The average Bonchev–Trinajstić information content (AvgIpc) is 2.35. The third-order valence-electron chi connectivity index (χ3n) is 3.76. The maximum absolute atomic E-state index is 9.09. The van der Waals surface area contributed by atoms with Crippen molar-refractivity contribution in [2.45, 2.75) is 33.2 Å². The summed E-state index contributed by atoms with van der Waals surface area (Å²) in [6.45, 7) is 7.29. The van der Waals surface area contributed by atoms with Gasteiger partial charge in [-0.1, -0.05) is 29.8 Å². The van der Waals surface area contributed by atoms with Crippen molar-refractivity contribution in [3.05, 3.63) is 35.4 Å². The predicted molar refractivity (Wildman–Crippen MR) is 69.4 cm³/mol. The zero-order chi connectivity index (χ0) is 12.3. The summed E-state index contributed by atoms with van der Waals surface area (Å²) in [7, 11) is 0. The molecule has 1 aliphatic heterocycles. The van der Waals surface area contributed by atoms with Crippen LogP contribution in [-0.4, -0.2) is 18.0 Å². The van der Waals surface area contributed by atoms with Gasteiger partial charge >= 0.3 is 0 Å². The third kappa shape index (κ3) is 3.08. The van der Waals surface area contributed by atoms with E-state index in [1.54, 1.807) is 0 Å². The number of rotatable bonds is 2. The van der Waals surface area contributed by atoms with Crippen molar-refractivity contribution in [2.75, 3.05) is 13.1 Å². The fourth-order valence-electron chi connectivity index (χ4n) is 2.27. The van der Waals surface area contributed by atoms with Crippen LogP contribution < -0.4 is 0 Å². The molecule has 1 fully saturated rings. The van der Waals surface area contributed by atoms with Gasteiger partial charge in [-0.2, -0.15) is 5.26 Å². The van der Waals surface area contributed by atoms with Crippen LogP contribution in [0.3, 0.4) is 0 Å². The Hall–Kier alpha value is -1.33. The summed E-state index contributed by atoms with van der Waals surface area (Å²) in [5, 5.41) is 9.09. The Kier molecular flexibility index (Phi) is 3.49. The SMILES string of the molecule is Cc1ccc(CN2CCC(C)(C#N)CC2)cc1. The molecule has 1 heterocycles. The van der Waals surface area contributed by atoms with Gasteiger partial charge in [0.1, 0.15) is 0 Å². The van der Waals surface area contributed by atoms with Gasteiger partial charge in [0.2, 0.25) is 0 Å². The zero-order valence-corrected chi connectivity index (χ0v) is 10.7. The Labute approximate surface area is 104 Å². The van der Waals surface area contributed by atoms with E-state index in [-0.39, 0.29) is 5.41 Å². The average molecular weight is 228 g/mol. The van der Waals surface area contributed by atoms with E-state index in [4.69, 9.17) is 5.26 Å². The first-order chi connectivity index (χ1) is 8.11. The molecule has 1 aliphatic rings. The Morgan fingerprint density at radius 3 is 2.35 bits per heavy atom. The molecule has 2 heteroatoms. The molecule has 0 spiro atoms. The van der Waals surface area contributed by atoms with Crippen LogP contribution in [0.15, 0.2) is 24.3 Å². The highest BCUT2D eigenvalue weighted by atomic mass is 15.1. The first-order valence-electron chi connectivity index (χ1n) is 6.30. The third-order valence-corrected chi connectivity index (χ3v) is 3.76. The van der Waals surface area contributed by atoms with Crippen molar-refractivity contribution in [3.8, 4) is 6.07 Å². The molecule has 0 radical (unpaired) electrons. The van der Waals surface area contributed by atoms with Crippen LogP contribution >= 0.6 is 0 Å². The second-order valence-electron chi connectivity index (χ2n) is 5.43. The largest absolute Gasteiger partial charge is 0.299 e. The molecule has 2 nitrogen and oxygen atoms in total. The number of hydrogen-bond acceptors (Lipinski definition) is 2. The number of nitrogens with zero attached hydrogens (tertiary/aromatic N) is 2. The molecule has 0 bridgehead atoms. The van der Waals surface area contributed by atoms with Gasteiger partial charge in [-0.05, 0) is 45.3 Å². The lowest BCUT2D eigenvalue weighted by molar-refractivity contribution is 0.150. The summed E-state index contributed by atoms with van der Waals surface area (Å²) in [4.78, 5) is 2.45. The number of piperidine rings is 1. The smallest absolute Gasteiger partial charge is 0.0687 e. The first-order valence-corrected chi connectivity index (χ1v) is 6.30. The number of hydrogen-bond donors (Lipinski definition) is 0. The van der Waals surface area contributed by atoms with Gasteiger partial charge in [-0.25, -0.2) is 0 Å². The zero-order valence-electron chi connectivity index (χ0n) is 10.7. The van der Waals surface area contributed by atoms with E-state index in [1.807, 2.05) is 0 Å². The fraction of sp³-hybridized carbons (Fsp3) is 0.533. The number of nitriles is 1. The van der Waals surface area contributed by atoms with Gasteiger partial charge in [0, 0.05) is 6.54 Å². The van der Waals surface area contributed by atoms with Gasteiger partial charge < -0.3 is 0 Å². The first kappa shape index (κ1) is 12.1. The van der Waals surface area contributed by atoms with Crippen molar-refractivity contribution >= 4 is 0 Å². The summed E-state index contributed by atoms with van der Waals surface area (Å²) >= 11 is 0. The second kappa shape index (κ2) is 4.89. The van der Waals surface area contributed by atoms with E-state index in [1.165, 1.54) is 11.1 Å². The van der Waals surface area contributed by atoms with Crippen molar-refractivity contribution < 1.29 is 0 Å². The molecule has 0 atom stereocenters. The van der Waals surface area contributed by atoms with Crippen LogP contribution in [0.4, 0.5) is 0 Å². The number of likely N-dealkylation sites (tertiary alicyclic amines) is 1. The van der Waals surface area contributed by atoms with Crippen LogP contribution in [0.2, 0.25) is 0 Å². The van der Waals surface area contributed by atoms with Gasteiger partial charge in [0.05, 0.1) is 11.5 Å². The minimum atomic E-state index is -0.0935. The summed E-state index contributed by atoms with van der Waals surface area (Å²) < 4.78 is 0.